The van der Waals surface area contributed by atoms with Crippen molar-refractivity contribution in [1.82, 2.24) is 13.5 Å². The summed E-state index contributed by atoms with van der Waals surface area (Å²) < 4.78 is 62.2. The van der Waals surface area contributed by atoms with Crippen molar-refractivity contribution in [1.29, 1.82) is 0 Å². The Hall–Kier alpha value is -1.91. The van der Waals surface area contributed by atoms with E-state index >= 15 is 0 Å². The molecule has 2 atom stereocenters. The Balaban J connectivity index is 1.52. The van der Waals surface area contributed by atoms with Crippen LogP contribution in [0, 0.1) is 11.6 Å². The molecule has 9 heteroatoms. The van der Waals surface area contributed by atoms with Crippen LogP contribution in [0.5, 0.6) is 0 Å². The van der Waals surface area contributed by atoms with E-state index in [1.807, 2.05) is 13.8 Å². The van der Waals surface area contributed by atoms with E-state index in [0.717, 1.165) is 11.1 Å². The zero-order valence-electron chi connectivity index (χ0n) is 18.3. The van der Waals surface area contributed by atoms with Gasteiger partial charge in [0.2, 0.25) is 0 Å². The molecule has 32 heavy (non-hydrogen) atoms. The Morgan fingerprint density at radius 1 is 0.781 bits per heavy atom. The van der Waals surface area contributed by atoms with Gasteiger partial charge in [0.1, 0.15) is 11.6 Å². The largest absolute Gasteiger partial charge is 0.373 e. The molecule has 0 saturated carbocycles. The molecule has 0 aliphatic carbocycles. The molecule has 2 heterocycles. The van der Waals surface area contributed by atoms with Gasteiger partial charge in [0.15, 0.2) is 0 Å². The number of benzene rings is 2. The van der Waals surface area contributed by atoms with Crippen LogP contribution in [0.25, 0.3) is 0 Å². The lowest BCUT2D eigenvalue weighted by atomic mass is 9.96. The van der Waals surface area contributed by atoms with Gasteiger partial charge in [0.25, 0.3) is 10.2 Å². The van der Waals surface area contributed by atoms with Gasteiger partial charge in [0.05, 0.1) is 18.2 Å². The number of nitrogens with zero attached hydrogens (tertiary/aromatic N) is 3. The van der Waals surface area contributed by atoms with Crippen molar-refractivity contribution in [3.05, 3.63) is 71.3 Å². The van der Waals surface area contributed by atoms with E-state index in [2.05, 4.69) is 4.90 Å². The van der Waals surface area contributed by atoms with Gasteiger partial charge < -0.3 is 4.74 Å². The summed E-state index contributed by atoms with van der Waals surface area (Å²) in [5.74, 6) is -0.645. The van der Waals surface area contributed by atoms with Gasteiger partial charge in [-0.1, -0.05) is 24.3 Å². The fourth-order valence-corrected chi connectivity index (χ4v) is 6.33. The van der Waals surface area contributed by atoms with E-state index in [4.69, 9.17) is 4.74 Å². The molecule has 2 aliphatic heterocycles. The summed E-state index contributed by atoms with van der Waals surface area (Å²) in [6.07, 6.45) is -0.285. The average molecular weight is 466 g/mol. The van der Waals surface area contributed by atoms with Gasteiger partial charge in [-0.3, -0.25) is 4.90 Å². The topological polar surface area (TPSA) is 53.1 Å². The third-order valence-corrected chi connectivity index (χ3v) is 8.02. The second kappa shape index (κ2) is 9.52. The molecule has 0 radical (unpaired) electrons. The van der Waals surface area contributed by atoms with Crippen molar-refractivity contribution < 1.29 is 21.9 Å². The Labute approximate surface area is 188 Å². The number of rotatable bonds is 5. The Morgan fingerprint density at radius 3 is 1.66 bits per heavy atom. The number of ether oxygens (including phenoxy) is 1. The highest BCUT2D eigenvalue weighted by atomic mass is 32.2. The predicted molar refractivity (Wildman–Crippen MR) is 118 cm³/mol. The fourth-order valence-electron chi connectivity index (χ4n) is 4.58. The quantitative estimate of drug-likeness (QED) is 0.681. The SMILES string of the molecule is C[C@H]1CN(S(=O)(=O)N2CCN(C(c3ccc(F)cc3)c3ccc(F)cc3)CC2)C[C@H](C)O1. The van der Waals surface area contributed by atoms with Crippen LogP contribution < -0.4 is 0 Å². The molecule has 0 amide bonds. The summed E-state index contributed by atoms with van der Waals surface area (Å²) in [4.78, 5) is 2.16. The first kappa shape index (κ1) is 23.3. The normalized spacial score (nSPS) is 24.2. The van der Waals surface area contributed by atoms with Gasteiger partial charge in [0, 0.05) is 39.3 Å². The van der Waals surface area contributed by atoms with E-state index in [0.29, 0.717) is 39.3 Å². The highest BCUT2D eigenvalue weighted by molar-refractivity contribution is 7.86. The van der Waals surface area contributed by atoms with Gasteiger partial charge in [-0.05, 0) is 49.2 Å². The van der Waals surface area contributed by atoms with Gasteiger partial charge in [-0.25, -0.2) is 8.78 Å². The van der Waals surface area contributed by atoms with Crippen molar-refractivity contribution in [2.24, 2.45) is 0 Å². The van der Waals surface area contributed by atoms with E-state index in [9.17, 15) is 17.2 Å². The van der Waals surface area contributed by atoms with Crippen LogP contribution in [0.15, 0.2) is 48.5 Å². The predicted octanol–water partition coefficient (Wildman–Crippen LogP) is 3.03. The first-order valence-corrected chi connectivity index (χ1v) is 12.3. The van der Waals surface area contributed by atoms with Crippen LogP contribution in [-0.4, -0.2) is 73.4 Å². The number of hydrogen-bond donors (Lipinski definition) is 0. The molecular weight excluding hydrogens is 436 g/mol. The summed E-state index contributed by atoms with van der Waals surface area (Å²) >= 11 is 0. The maximum absolute atomic E-state index is 13.5. The van der Waals surface area contributed by atoms with Crippen LogP contribution in [0.4, 0.5) is 8.78 Å². The molecule has 0 aromatic heterocycles. The molecule has 0 bridgehead atoms. The van der Waals surface area contributed by atoms with E-state index < -0.39 is 10.2 Å². The standard InChI is InChI=1S/C23H29F2N3O3S/c1-17-15-28(16-18(2)31-17)32(29,30)27-13-11-26(12-14-27)23(19-3-7-21(24)8-4-19)20-5-9-22(25)10-6-20/h3-10,17-18,23H,11-16H2,1-2H3/t17-,18-/m0/s1. The number of morpholine rings is 1. The molecule has 0 N–H and O–H groups in total. The number of halogens is 2. The molecule has 2 fully saturated rings. The van der Waals surface area contributed by atoms with Gasteiger partial charge in [-0.2, -0.15) is 17.0 Å². The lowest BCUT2D eigenvalue weighted by Crippen LogP contribution is -2.57. The lowest BCUT2D eigenvalue weighted by molar-refractivity contribution is -0.0458. The Kier molecular flexibility index (Phi) is 6.92. The molecule has 2 aromatic carbocycles. The van der Waals surface area contributed by atoms with Crippen molar-refractivity contribution in [2.45, 2.75) is 32.1 Å². The minimum atomic E-state index is -3.58. The molecule has 2 aromatic rings. The van der Waals surface area contributed by atoms with E-state index in [1.165, 1.54) is 32.9 Å². The highest BCUT2D eigenvalue weighted by Gasteiger charge is 2.38. The van der Waals surface area contributed by atoms with Crippen LogP contribution >= 0.6 is 0 Å². The zero-order chi connectivity index (χ0) is 22.9. The molecule has 4 rings (SSSR count). The highest BCUT2D eigenvalue weighted by Crippen LogP contribution is 2.31. The van der Waals surface area contributed by atoms with Crippen LogP contribution in [0.1, 0.15) is 31.0 Å². The maximum atomic E-state index is 13.5. The third-order valence-electron chi connectivity index (χ3n) is 6.05. The van der Waals surface area contributed by atoms with Crippen LogP contribution in [0.2, 0.25) is 0 Å². The molecule has 0 spiro atoms. The fraction of sp³-hybridized carbons (Fsp3) is 0.478. The zero-order valence-corrected chi connectivity index (χ0v) is 19.1. The first-order chi connectivity index (χ1) is 15.2. The van der Waals surface area contributed by atoms with Gasteiger partial charge >= 0.3 is 0 Å². The summed E-state index contributed by atoms with van der Waals surface area (Å²) in [7, 11) is -3.58. The van der Waals surface area contributed by atoms with Crippen LogP contribution in [-0.2, 0) is 14.9 Å². The van der Waals surface area contributed by atoms with Crippen molar-refractivity contribution in [2.75, 3.05) is 39.3 Å². The Bertz CT molecular complexity index is 954. The number of piperazine rings is 1. The lowest BCUT2D eigenvalue weighted by Gasteiger charge is -2.42. The minimum absolute atomic E-state index is 0.142. The molecule has 0 unspecified atom stereocenters. The van der Waals surface area contributed by atoms with E-state index in [-0.39, 0.29) is 29.9 Å². The second-order valence-electron chi connectivity index (χ2n) is 8.52. The van der Waals surface area contributed by atoms with Crippen molar-refractivity contribution in [3.8, 4) is 0 Å². The second-order valence-corrected chi connectivity index (χ2v) is 10.5. The van der Waals surface area contributed by atoms with Crippen molar-refractivity contribution in [3.63, 3.8) is 0 Å². The number of hydrogen-bond acceptors (Lipinski definition) is 4. The Morgan fingerprint density at radius 2 is 1.22 bits per heavy atom. The molecular formula is C23H29F2N3O3S. The monoisotopic (exact) mass is 465 g/mol. The van der Waals surface area contributed by atoms with Crippen molar-refractivity contribution >= 4 is 10.2 Å². The smallest absolute Gasteiger partial charge is 0.282 e. The molecule has 174 valence electrons. The minimum Gasteiger partial charge on any atom is -0.373 e. The van der Waals surface area contributed by atoms with E-state index in [1.54, 1.807) is 24.3 Å². The summed E-state index contributed by atoms with van der Waals surface area (Å²) in [5, 5.41) is 0. The molecule has 6 nitrogen and oxygen atoms in total. The van der Waals surface area contributed by atoms with Gasteiger partial charge in [-0.15, -0.1) is 0 Å². The molecule has 2 saturated heterocycles. The maximum Gasteiger partial charge on any atom is 0.282 e. The average Bonchev–Trinajstić information content (AvgIpc) is 2.76. The summed E-state index contributed by atoms with van der Waals surface area (Å²) in [5.41, 5.74) is 1.76. The summed E-state index contributed by atoms with van der Waals surface area (Å²) in [6.45, 7) is 6.17. The summed E-state index contributed by atoms with van der Waals surface area (Å²) in [6, 6.07) is 12.3. The molecule has 2 aliphatic rings. The third kappa shape index (κ3) is 5.02. The first-order valence-electron chi connectivity index (χ1n) is 10.9. The van der Waals surface area contributed by atoms with Crippen LogP contribution in [0.3, 0.4) is 0 Å².